The van der Waals surface area contributed by atoms with Gasteiger partial charge in [-0.05, 0) is 38.6 Å². The highest BCUT2D eigenvalue weighted by atomic mass is 16.2. The summed E-state index contributed by atoms with van der Waals surface area (Å²) in [7, 11) is 3.91. The molecule has 1 fully saturated rings. The van der Waals surface area contributed by atoms with Crippen molar-refractivity contribution in [3.05, 3.63) is 24.0 Å². The molecule has 2 N–H and O–H groups in total. The number of rotatable bonds is 3. The van der Waals surface area contributed by atoms with Crippen molar-refractivity contribution in [1.29, 1.82) is 0 Å². The lowest BCUT2D eigenvalue weighted by molar-refractivity contribution is 0.0757. The van der Waals surface area contributed by atoms with Gasteiger partial charge in [0.15, 0.2) is 5.69 Å². The predicted molar refractivity (Wildman–Crippen MR) is 71.3 cm³/mol. The van der Waals surface area contributed by atoms with Crippen molar-refractivity contribution < 1.29 is 4.79 Å². The van der Waals surface area contributed by atoms with Gasteiger partial charge in [0, 0.05) is 25.8 Å². The van der Waals surface area contributed by atoms with Gasteiger partial charge in [-0.15, -0.1) is 0 Å². The molecule has 0 radical (unpaired) electrons. The van der Waals surface area contributed by atoms with Crippen molar-refractivity contribution in [3.8, 4) is 0 Å². The average Bonchev–Trinajstić information content (AvgIpc) is 2.75. The fourth-order valence-electron chi connectivity index (χ4n) is 2.39. The second kappa shape index (κ2) is 5.35. The Balaban J connectivity index is 2.03. The summed E-state index contributed by atoms with van der Waals surface area (Å²) in [4.78, 5) is 20.3. The monoisotopic (exact) mass is 248 g/mol. The van der Waals surface area contributed by atoms with E-state index in [9.17, 15) is 4.79 Å². The number of pyridine rings is 1. The van der Waals surface area contributed by atoms with Crippen LogP contribution in [0.2, 0.25) is 0 Å². The van der Waals surface area contributed by atoms with Crippen LogP contribution >= 0.6 is 0 Å². The van der Waals surface area contributed by atoms with E-state index >= 15 is 0 Å². The molecule has 98 valence electrons. The fraction of sp³-hybridized carbons (Fsp3) is 0.538. The summed E-state index contributed by atoms with van der Waals surface area (Å²) in [6.45, 7) is 1.84. The molecule has 1 atom stereocenters. The predicted octanol–water partition coefficient (Wildman–Crippen LogP) is 0.830. The zero-order chi connectivity index (χ0) is 13.1. The first kappa shape index (κ1) is 12.8. The number of nitrogens with two attached hydrogens (primary N) is 1. The molecule has 2 heterocycles. The Morgan fingerprint density at radius 2 is 2.44 bits per heavy atom. The number of hydrogen-bond donors (Lipinski definition) is 1. The maximum Gasteiger partial charge on any atom is 0.274 e. The molecule has 1 unspecified atom stereocenters. The minimum atomic E-state index is -0.103. The molecule has 5 nitrogen and oxygen atoms in total. The normalized spacial score (nSPS) is 20.0. The molecule has 2 rings (SSSR count). The highest BCUT2D eigenvalue weighted by Crippen LogP contribution is 2.17. The zero-order valence-electron chi connectivity index (χ0n) is 11.0. The Kier molecular flexibility index (Phi) is 3.81. The smallest absolute Gasteiger partial charge is 0.274 e. The summed E-state index contributed by atoms with van der Waals surface area (Å²) >= 11 is 0. The minimum Gasteiger partial charge on any atom is -0.397 e. The molecule has 0 saturated carbocycles. The third-order valence-electron chi connectivity index (χ3n) is 3.54. The van der Waals surface area contributed by atoms with Crippen LogP contribution in [0.5, 0.6) is 0 Å². The van der Waals surface area contributed by atoms with Crippen molar-refractivity contribution in [2.45, 2.75) is 18.9 Å². The van der Waals surface area contributed by atoms with E-state index in [0.29, 0.717) is 17.4 Å². The standard InChI is InChI=1S/C13H20N4O/c1-16-8-4-5-10(16)9-17(2)13(18)12-11(14)6-3-7-15-12/h3,6-7,10H,4-5,8-9,14H2,1-2H3. The first-order chi connectivity index (χ1) is 8.59. The molecule has 1 aromatic rings. The van der Waals surface area contributed by atoms with Crippen LogP contribution in [0.1, 0.15) is 23.3 Å². The second-order valence-electron chi connectivity index (χ2n) is 4.90. The van der Waals surface area contributed by atoms with E-state index in [0.717, 1.165) is 19.5 Å². The van der Waals surface area contributed by atoms with Gasteiger partial charge in [0.2, 0.25) is 0 Å². The fourth-order valence-corrected chi connectivity index (χ4v) is 2.39. The van der Waals surface area contributed by atoms with Crippen LogP contribution in [0.15, 0.2) is 18.3 Å². The van der Waals surface area contributed by atoms with Crippen LogP contribution in [0.4, 0.5) is 5.69 Å². The number of carbonyl (C=O) groups excluding carboxylic acids is 1. The van der Waals surface area contributed by atoms with E-state index in [1.165, 1.54) is 6.42 Å². The van der Waals surface area contributed by atoms with Gasteiger partial charge in [-0.25, -0.2) is 4.98 Å². The van der Waals surface area contributed by atoms with Crippen molar-refractivity contribution in [2.24, 2.45) is 0 Å². The maximum atomic E-state index is 12.2. The first-order valence-electron chi connectivity index (χ1n) is 6.26. The molecule has 1 amide bonds. The largest absolute Gasteiger partial charge is 0.397 e. The second-order valence-corrected chi connectivity index (χ2v) is 4.90. The topological polar surface area (TPSA) is 62.5 Å². The van der Waals surface area contributed by atoms with Gasteiger partial charge in [0.05, 0.1) is 5.69 Å². The highest BCUT2D eigenvalue weighted by molar-refractivity contribution is 5.96. The van der Waals surface area contributed by atoms with Crippen LogP contribution in [-0.2, 0) is 0 Å². The Morgan fingerprint density at radius 1 is 1.67 bits per heavy atom. The Bertz CT molecular complexity index is 435. The Hall–Kier alpha value is -1.62. The van der Waals surface area contributed by atoms with Crippen LogP contribution in [0.3, 0.4) is 0 Å². The van der Waals surface area contributed by atoms with Gasteiger partial charge in [-0.3, -0.25) is 4.79 Å². The van der Waals surface area contributed by atoms with E-state index in [1.54, 1.807) is 23.2 Å². The van der Waals surface area contributed by atoms with Crippen LogP contribution in [-0.4, -0.2) is 53.9 Å². The molecule has 1 aliphatic heterocycles. The number of aromatic nitrogens is 1. The summed E-state index contributed by atoms with van der Waals surface area (Å²) < 4.78 is 0. The van der Waals surface area contributed by atoms with Gasteiger partial charge >= 0.3 is 0 Å². The summed E-state index contributed by atoms with van der Waals surface area (Å²) in [5, 5.41) is 0. The lowest BCUT2D eigenvalue weighted by Crippen LogP contribution is -2.40. The quantitative estimate of drug-likeness (QED) is 0.860. The summed E-state index contributed by atoms with van der Waals surface area (Å²) in [5.74, 6) is -0.103. The Morgan fingerprint density at radius 3 is 3.06 bits per heavy atom. The van der Waals surface area contributed by atoms with Crippen molar-refractivity contribution in [3.63, 3.8) is 0 Å². The van der Waals surface area contributed by atoms with E-state index in [2.05, 4.69) is 16.9 Å². The summed E-state index contributed by atoms with van der Waals surface area (Å²) in [6, 6.07) is 3.89. The number of anilines is 1. The van der Waals surface area contributed by atoms with Gasteiger partial charge < -0.3 is 15.5 Å². The molecule has 0 spiro atoms. The first-order valence-corrected chi connectivity index (χ1v) is 6.26. The molecule has 1 aromatic heterocycles. The number of nitrogens with zero attached hydrogens (tertiary/aromatic N) is 3. The third-order valence-corrected chi connectivity index (χ3v) is 3.54. The molecule has 0 aliphatic carbocycles. The van der Waals surface area contributed by atoms with Gasteiger partial charge in [0.1, 0.15) is 0 Å². The minimum absolute atomic E-state index is 0.103. The van der Waals surface area contributed by atoms with E-state index in [1.807, 2.05) is 7.05 Å². The lowest BCUT2D eigenvalue weighted by atomic mass is 10.2. The maximum absolute atomic E-state index is 12.2. The molecule has 18 heavy (non-hydrogen) atoms. The molecule has 1 aliphatic rings. The number of nitrogen functional groups attached to an aromatic ring is 1. The summed E-state index contributed by atoms with van der Waals surface area (Å²) in [5.41, 5.74) is 6.56. The van der Waals surface area contributed by atoms with Crippen molar-refractivity contribution in [1.82, 2.24) is 14.8 Å². The number of likely N-dealkylation sites (tertiary alicyclic amines) is 1. The van der Waals surface area contributed by atoms with Crippen LogP contribution in [0.25, 0.3) is 0 Å². The van der Waals surface area contributed by atoms with Crippen LogP contribution < -0.4 is 5.73 Å². The molecule has 0 bridgehead atoms. The number of hydrogen-bond acceptors (Lipinski definition) is 4. The van der Waals surface area contributed by atoms with E-state index < -0.39 is 0 Å². The molecular weight excluding hydrogens is 228 g/mol. The lowest BCUT2D eigenvalue weighted by Gasteiger charge is -2.25. The van der Waals surface area contributed by atoms with Crippen molar-refractivity contribution >= 4 is 11.6 Å². The highest BCUT2D eigenvalue weighted by Gasteiger charge is 2.25. The van der Waals surface area contributed by atoms with E-state index in [4.69, 9.17) is 5.73 Å². The third kappa shape index (κ3) is 2.61. The molecule has 1 saturated heterocycles. The average molecular weight is 248 g/mol. The molecule has 5 heteroatoms. The van der Waals surface area contributed by atoms with Gasteiger partial charge in [-0.1, -0.05) is 0 Å². The van der Waals surface area contributed by atoms with Crippen LogP contribution in [0, 0.1) is 0 Å². The SMILES string of the molecule is CN(CC1CCCN1C)C(=O)c1ncccc1N. The molecular formula is C13H20N4O. The Labute approximate surface area is 108 Å². The summed E-state index contributed by atoms with van der Waals surface area (Å²) in [6.07, 6.45) is 3.94. The molecule has 0 aromatic carbocycles. The van der Waals surface area contributed by atoms with Gasteiger partial charge in [-0.2, -0.15) is 0 Å². The van der Waals surface area contributed by atoms with Crippen molar-refractivity contribution in [2.75, 3.05) is 32.9 Å². The number of amides is 1. The van der Waals surface area contributed by atoms with E-state index in [-0.39, 0.29) is 5.91 Å². The number of carbonyl (C=O) groups is 1. The van der Waals surface area contributed by atoms with Gasteiger partial charge in [0.25, 0.3) is 5.91 Å². The number of likely N-dealkylation sites (N-methyl/N-ethyl adjacent to an activating group) is 2. The zero-order valence-corrected chi connectivity index (χ0v) is 11.0.